The van der Waals surface area contributed by atoms with Crippen molar-refractivity contribution in [1.82, 2.24) is 20.2 Å². The van der Waals surface area contributed by atoms with E-state index in [9.17, 15) is 15.8 Å². The summed E-state index contributed by atoms with van der Waals surface area (Å²) < 4.78 is 6.37. The molecule has 2 aromatic heterocycles. The fraction of sp³-hybridized carbons (Fsp3) is 0.548. The van der Waals surface area contributed by atoms with Crippen LogP contribution in [-0.2, 0) is 18.3 Å². The number of likely N-dealkylation sites (tertiary alicyclic amines) is 1. The van der Waals surface area contributed by atoms with Gasteiger partial charge in [0.2, 0.25) is 5.88 Å². The molecule has 216 valence electrons. The molecule has 0 unspecified atom stereocenters. The molecule has 0 aromatic carbocycles. The van der Waals surface area contributed by atoms with Crippen molar-refractivity contribution < 1.29 is 9.84 Å². The van der Waals surface area contributed by atoms with Gasteiger partial charge in [0.25, 0.3) is 0 Å². The van der Waals surface area contributed by atoms with Crippen molar-refractivity contribution in [2.75, 3.05) is 25.9 Å². The summed E-state index contributed by atoms with van der Waals surface area (Å²) in [7, 11) is 2.12. The molecule has 0 saturated carbocycles. The number of hydrogen-bond acceptors (Lipinski definition) is 10. The van der Waals surface area contributed by atoms with E-state index in [-0.39, 0.29) is 23.4 Å². The van der Waals surface area contributed by atoms with Crippen LogP contribution in [-0.4, -0.2) is 58.0 Å². The number of nitrogens with zero attached hydrogens (tertiary/aromatic N) is 4. The molecule has 3 atom stereocenters. The van der Waals surface area contributed by atoms with Crippen LogP contribution in [0.5, 0.6) is 5.88 Å². The molecule has 3 aliphatic rings. The zero-order valence-electron chi connectivity index (χ0n) is 23.9. The quantitative estimate of drug-likeness (QED) is 0.147. The van der Waals surface area contributed by atoms with Gasteiger partial charge in [0, 0.05) is 40.8 Å². The fourth-order valence-corrected chi connectivity index (χ4v) is 8.09. The van der Waals surface area contributed by atoms with E-state index in [1.165, 1.54) is 11.3 Å². The molecule has 0 bridgehead atoms. The number of allylic oxidation sites excluding steroid dienone is 2. The number of nitrogens with two attached hydrogens (primary N) is 1. The van der Waals surface area contributed by atoms with Crippen molar-refractivity contribution in [1.29, 1.82) is 10.7 Å². The summed E-state index contributed by atoms with van der Waals surface area (Å²) in [6.07, 6.45) is 13.4. The van der Waals surface area contributed by atoms with Crippen LogP contribution < -0.4 is 15.8 Å². The molecule has 1 aliphatic heterocycles. The summed E-state index contributed by atoms with van der Waals surface area (Å²) in [5.74, 6) is 0.851. The summed E-state index contributed by atoms with van der Waals surface area (Å²) in [6.45, 7) is 3.76. The zero-order valence-corrected chi connectivity index (χ0v) is 24.7. The minimum Gasteiger partial charge on any atom is -0.511 e. The molecular weight excluding hydrogens is 534 g/mol. The number of nitrogens with one attached hydrogen (secondary N) is 2. The number of nitrogen functional groups attached to an aromatic ring is 1. The Morgan fingerprint density at radius 3 is 2.85 bits per heavy atom. The highest BCUT2D eigenvalue weighted by atomic mass is 32.1. The van der Waals surface area contributed by atoms with Crippen LogP contribution >= 0.6 is 11.3 Å². The van der Waals surface area contributed by atoms with E-state index in [1.807, 2.05) is 6.07 Å². The Morgan fingerprint density at radius 1 is 1.37 bits per heavy atom. The van der Waals surface area contributed by atoms with Crippen LogP contribution in [0, 0.1) is 29.2 Å². The number of ether oxygens (including phenoxy) is 1. The van der Waals surface area contributed by atoms with Crippen molar-refractivity contribution in [2.45, 2.75) is 88.7 Å². The topological polar surface area (TPSA) is 144 Å². The second-order valence-corrected chi connectivity index (χ2v) is 12.6. The van der Waals surface area contributed by atoms with Crippen LogP contribution in [0.3, 0.4) is 0 Å². The molecule has 0 radical (unpaired) electrons. The molecule has 1 spiro atoms. The number of anilines is 1. The number of rotatable bonds is 9. The van der Waals surface area contributed by atoms with Crippen molar-refractivity contribution in [3.63, 3.8) is 0 Å². The number of nitriles is 1. The normalized spacial score (nSPS) is 23.1. The zero-order chi connectivity index (χ0) is 29.1. The van der Waals surface area contributed by atoms with Gasteiger partial charge in [-0.05, 0) is 90.3 Å². The Hall–Kier alpha value is -3.60. The number of terminal acetylenes is 1. The van der Waals surface area contributed by atoms with E-state index in [4.69, 9.17) is 26.9 Å². The maximum absolute atomic E-state index is 11.9. The minimum absolute atomic E-state index is 0.0740. The number of likely N-dealkylation sites (N-methyl/N-ethyl adjacent to an activating group) is 1. The maximum atomic E-state index is 11.9. The average Bonchev–Trinajstić information content (AvgIpc) is 3.54. The monoisotopic (exact) mass is 573 g/mol. The molecule has 2 aromatic rings. The number of fused-ring (bicyclic) bond motifs is 2. The van der Waals surface area contributed by atoms with Crippen molar-refractivity contribution in [3.8, 4) is 24.4 Å². The highest BCUT2D eigenvalue weighted by Crippen LogP contribution is 2.54. The van der Waals surface area contributed by atoms with Crippen LogP contribution in [0.15, 0.2) is 17.4 Å². The maximum Gasteiger partial charge on any atom is 0.217 e. The first kappa shape index (κ1) is 28.9. The van der Waals surface area contributed by atoms with Crippen molar-refractivity contribution in [3.05, 3.63) is 44.9 Å². The molecule has 3 heterocycles. The number of aryl methyl sites for hydroxylation is 2. The Kier molecular flexibility index (Phi) is 8.53. The summed E-state index contributed by atoms with van der Waals surface area (Å²) in [5, 5.41) is 34.4. The standard InChI is InChI=1S/C31H39N7O2S/c1-4-35-15-7-9-20-17-25(40-19(2)23-11-8-16-38(23)3)37-30(36-20)27(33)21-10-5-13-31(28(21)39)14-6-12-24-26(31)22(18-32)29(34)41-24/h1,17,19,23,33,35,39H,5-16,34H2,2-3H3/t19-,23-,31-/m0/s1. The van der Waals surface area contributed by atoms with Gasteiger partial charge in [0.1, 0.15) is 28.6 Å². The highest BCUT2D eigenvalue weighted by Gasteiger charge is 2.47. The predicted molar refractivity (Wildman–Crippen MR) is 161 cm³/mol. The van der Waals surface area contributed by atoms with Gasteiger partial charge in [-0.2, -0.15) is 10.2 Å². The molecule has 0 amide bonds. The lowest BCUT2D eigenvalue weighted by molar-refractivity contribution is 0.116. The molecule has 2 aliphatic carbocycles. The first-order valence-corrected chi connectivity index (χ1v) is 15.4. The lowest BCUT2D eigenvalue weighted by Crippen LogP contribution is -2.38. The number of aliphatic hydroxyl groups is 1. The second-order valence-electron chi connectivity index (χ2n) is 11.5. The highest BCUT2D eigenvalue weighted by molar-refractivity contribution is 7.16. The third-order valence-corrected chi connectivity index (χ3v) is 10.00. The van der Waals surface area contributed by atoms with E-state index in [0.29, 0.717) is 47.4 Å². The van der Waals surface area contributed by atoms with E-state index in [0.717, 1.165) is 74.0 Å². The number of aromatic nitrogens is 2. The lowest BCUT2D eigenvalue weighted by atomic mass is 9.63. The molecule has 1 saturated heterocycles. The number of aliphatic hydroxyl groups excluding tert-OH is 1. The molecule has 41 heavy (non-hydrogen) atoms. The van der Waals surface area contributed by atoms with Gasteiger partial charge in [0.05, 0.1) is 11.0 Å². The third-order valence-electron chi connectivity index (χ3n) is 8.92. The van der Waals surface area contributed by atoms with E-state index in [2.05, 4.69) is 36.3 Å². The Morgan fingerprint density at radius 2 is 2.15 bits per heavy atom. The smallest absolute Gasteiger partial charge is 0.217 e. The number of hydrogen-bond donors (Lipinski definition) is 4. The molecule has 5 N–H and O–H groups in total. The number of thiophene rings is 1. The van der Waals surface area contributed by atoms with Gasteiger partial charge in [-0.25, -0.2) is 4.98 Å². The SMILES string of the molecule is C#CNCCCc1cc(O[C@@H](C)[C@@H]2CCCN2C)nc(C(=N)C2=C(O)[C@@]3(CCC2)CCCc2sc(N)c(C#N)c23)n1. The minimum atomic E-state index is -0.702. The summed E-state index contributed by atoms with van der Waals surface area (Å²) in [4.78, 5) is 12.8. The predicted octanol–water partition coefficient (Wildman–Crippen LogP) is 4.60. The van der Waals surface area contributed by atoms with Gasteiger partial charge in [0.15, 0.2) is 5.82 Å². The molecule has 9 nitrogen and oxygen atoms in total. The summed E-state index contributed by atoms with van der Waals surface area (Å²) in [5.41, 5.74) is 8.30. The summed E-state index contributed by atoms with van der Waals surface area (Å²) >= 11 is 1.45. The van der Waals surface area contributed by atoms with E-state index >= 15 is 0 Å². The molecule has 10 heteroatoms. The van der Waals surface area contributed by atoms with Gasteiger partial charge in [-0.15, -0.1) is 11.3 Å². The lowest BCUT2D eigenvalue weighted by Gasteiger charge is -2.41. The van der Waals surface area contributed by atoms with Crippen LogP contribution in [0.2, 0.25) is 0 Å². The first-order valence-electron chi connectivity index (χ1n) is 14.6. The van der Waals surface area contributed by atoms with Crippen molar-refractivity contribution >= 4 is 22.0 Å². The Bertz CT molecular complexity index is 1440. The van der Waals surface area contributed by atoms with E-state index in [1.54, 1.807) is 0 Å². The van der Waals surface area contributed by atoms with E-state index < -0.39 is 5.41 Å². The Labute approximate surface area is 246 Å². The first-order chi connectivity index (χ1) is 19.8. The Balaban J connectivity index is 1.50. The van der Waals surface area contributed by atoms with Crippen LogP contribution in [0.1, 0.15) is 85.8 Å². The second kappa shape index (κ2) is 12.1. The molecule has 1 fully saturated rings. The fourth-order valence-electron chi connectivity index (χ4n) is 6.92. The largest absolute Gasteiger partial charge is 0.511 e. The molecular formula is C31H39N7O2S. The van der Waals surface area contributed by atoms with Gasteiger partial charge in [-0.3, -0.25) is 10.3 Å². The van der Waals surface area contributed by atoms with Crippen molar-refractivity contribution in [2.24, 2.45) is 0 Å². The average molecular weight is 574 g/mol. The van der Waals surface area contributed by atoms with Gasteiger partial charge < -0.3 is 20.9 Å². The van der Waals surface area contributed by atoms with Crippen LogP contribution in [0.4, 0.5) is 5.00 Å². The third kappa shape index (κ3) is 5.51. The molecule has 5 rings (SSSR count). The van der Waals surface area contributed by atoms with Crippen LogP contribution in [0.25, 0.3) is 0 Å². The van der Waals surface area contributed by atoms with Gasteiger partial charge in [-0.1, -0.05) is 6.42 Å². The summed E-state index contributed by atoms with van der Waals surface area (Å²) in [6, 6.07) is 6.89. The van der Waals surface area contributed by atoms with Gasteiger partial charge >= 0.3 is 0 Å².